The third-order valence-electron chi connectivity index (χ3n) is 2.88. The van der Waals surface area contributed by atoms with Crippen LogP contribution in [0.3, 0.4) is 0 Å². The Labute approximate surface area is 118 Å². The van der Waals surface area contributed by atoms with Gasteiger partial charge in [-0.3, -0.25) is 0 Å². The van der Waals surface area contributed by atoms with E-state index in [1.54, 1.807) is 29.1 Å². The average Bonchev–Trinajstić information content (AvgIpc) is 2.88. The van der Waals surface area contributed by atoms with Crippen molar-refractivity contribution in [2.24, 2.45) is 5.92 Å². The first kappa shape index (κ1) is 14.1. The predicted molar refractivity (Wildman–Crippen MR) is 77.7 cm³/mol. The Kier molecular flexibility index (Phi) is 4.40. The van der Waals surface area contributed by atoms with Crippen LogP contribution in [0.15, 0.2) is 36.5 Å². The van der Waals surface area contributed by atoms with Gasteiger partial charge in [0.1, 0.15) is 0 Å². The van der Waals surface area contributed by atoms with Crippen LogP contribution in [0, 0.1) is 5.92 Å². The number of aromatic nitrogens is 2. The van der Waals surface area contributed by atoms with Gasteiger partial charge in [-0.15, -0.1) is 0 Å². The molecule has 0 aliphatic rings. The number of anilines is 1. The van der Waals surface area contributed by atoms with Crippen LogP contribution in [0.1, 0.15) is 30.8 Å². The molecule has 0 saturated carbocycles. The minimum Gasteiger partial charge on any atom is -0.461 e. The Balaban J connectivity index is 2.01. The van der Waals surface area contributed by atoms with Crippen molar-refractivity contribution < 1.29 is 9.53 Å². The molecule has 106 valence electrons. The number of nitrogens with zero attached hydrogens (tertiary/aromatic N) is 2. The number of esters is 1. The van der Waals surface area contributed by atoms with E-state index >= 15 is 0 Å². The third kappa shape index (κ3) is 3.60. The van der Waals surface area contributed by atoms with Crippen LogP contribution < -0.4 is 5.73 Å². The van der Waals surface area contributed by atoms with Gasteiger partial charge >= 0.3 is 5.97 Å². The molecule has 0 aliphatic heterocycles. The Morgan fingerprint density at radius 1 is 1.30 bits per heavy atom. The van der Waals surface area contributed by atoms with E-state index in [9.17, 15) is 4.79 Å². The lowest BCUT2D eigenvalue weighted by Gasteiger charge is -2.05. The van der Waals surface area contributed by atoms with Gasteiger partial charge in [0.15, 0.2) is 5.69 Å². The van der Waals surface area contributed by atoms with E-state index in [-0.39, 0.29) is 5.97 Å². The van der Waals surface area contributed by atoms with Crippen molar-refractivity contribution in [2.75, 3.05) is 12.3 Å². The molecule has 1 aromatic heterocycles. The number of hydrogen-bond acceptors (Lipinski definition) is 4. The molecule has 5 heteroatoms. The number of ether oxygens (including phenoxy) is 1. The minimum absolute atomic E-state index is 0.311. The van der Waals surface area contributed by atoms with Crippen molar-refractivity contribution in [2.45, 2.75) is 20.3 Å². The van der Waals surface area contributed by atoms with Crippen LogP contribution in [0.25, 0.3) is 5.69 Å². The van der Waals surface area contributed by atoms with Gasteiger partial charge in [-0.25, -0.2) is 9.48 Å². The molecule has 0 amide bonds. The van der Waals surface area contributed by atoms with Crippen molar-refractivity contribution in [3.05, 3.63) is 42.2 Å². The summed E-state index contributed by atoms with van der Waals surface area (Å²) in [5.74, 6) is 0.120. The van der Waals surface area contributed by atoms with Crippen LogP contribution in [0.2, 0.25) is 0 Å². The van der Waals surface area contributed by atoms with Crippen LogP contribution >= 0.6 is 0 Å². The zero-order valence-electron chi connectivity index (χ0n) is 11.7. The van der Waals surface area contributed by atoms with Crippen molar-refractivity contribution in [3.63, 3.8) is 0 Å². The lowest BCUT2D eigenvalue weighted by molar-refractivity contribution is 0.0480. The number of hydrogen-bond donors (Lipinski definition) is 1. The van der Waals surface area contributed by atoms with Gasteiger partial charge in [-0.1, -0.05) is 13.8 Å². The van der Waals surface area contributed by atoms with E-state index in [4.69, 9.17) is 10.5 Å². The van der Waals surface area contributed by atoms with E-state index in [1.807, 2.05) is 12.1 Å². The summed E-state index contributed by atoms with van der Waals surface area (Å²) in [6.07, 6.45) is 2.58. The van der Waals surface area contributed by atoms with Gasteiger partial charge < -0.3 is 10.5 Å². The third-order valence-corrected chi connectivity index (χ3v) is 2.88. The van der Waals surface area contributed by atoms with Crippen LogP contribution in [0.4, 0.5) is 5.69 Å². The zero-order chi connectivity index (χ0) is 14.5. The summed E-state index contributed by atoms with van der Waals surface area (Å²) < 4.78 is 6.80. The summed E-state index contributed by atoms with van der Waals surface area (Å²) in [6.45, 7) is 4.60. The first-order valence-electron chi connectivity index (χ1n) is 6.65. The summed E-state index contributed by atoms with van der Waals surface area (Å²) in [6, 6.07) is 8.91. The fraction of sp³-hybridized carbons (Fsp3) is 0.333. The highest BCUT2D eigenvalue weighted by Crippen LogP contribution is 2.11. The van der Waals surface area contributed by atoms with Gasteiger partial charge in [0, 0.05) is 11.9 Å². The summed E-state index contributed by atoms with van der Waals surface area (Å²) in [5.41, 5.74) is 7.48. The van der Waals surface area contributed by atoms with E-state index in [0.29, 0.717) is 23.9 Å². The molecule has 20 heavy (non-hydrogen) atoms. The Bertz CT molecular complexity index is 573. The van der Waals surface area contributed by atoms with Crippen molar-refractivity contribution in [3.8, 4) is 5.69 Å². The smallest absolute Gasteiger partial charge is 0.358 e. The van der Waals surface area contributed by atoms with Gasteiger partial charge in [-0.2, -0.15) is 5.10 Å². The molecule has 2 aromatic rings. The van der Waals surface area contributed by atoms with E-state index < -0.39 is 0 Å². The Hall–Kier alpha value is -2.30. The molecule has 0 fully saturated rings. The van der Waals surface area contributed by atoms with Gasteiger partial charge in [-0.05, 0) is 42.7 Å². The van der Waals surface area contributed by atoms with Crippen LogP contribution in [0.5, 0.6) is 0 Å². The molecule has 0 saturated heterocycles. The summed E-state index contributed by atoms with van der Waals surface area (Å²) in [4.78, 5) is 11.8. The highest BCUT2D eigenvalue weighted by atomic mass is 16.5. The molecule has 2 N–H and O–H groups in total. The fourth-order valence-corrected chi connectivity index (χ4v) is 1.66. The maximum absolute atomic E-state index is 11.8. The SMILES string of the molecule is CC(C)CCOC(=O)c1ccn(-c2ccc(N)cc2)n1. The number of nitrogens with two attached hydrogens (primary N) is 1. The summed E-state index contributed by atoms with van der Waals surface area (Å²) in [7, 11) is 0. The lowest BCUT2D eigenvalue weighted by Crippen LogP contribution is -2.09. The molecule has 1 heterocycles. The standard InChI is InChI=1S/C15H19N3O2/c1-11(2)8-10-20-15(19)14-7-9-18(17-14)13-5-3-12(16)4-6-13/h3-7,9,11H,8,10,16H2,1-2H3. The highest BCUT2D eigenvalue weighted by Gasteiger charge is 2.11. The lowest BCUT2D eigenvalue weighted by atomic mass is 10.1. The second-order valence-electron chi connectivity index (χ2n) is 5.06. The fourth-order valence-electron chi connectivity index (χ4n) is 1.66. The minimum atomic E-state index is -0.389. The maximum Gasteiger partial charge on any atom is 0.358 e. The number of nitrogen functional groups attached to an aromatic ring is 1. The summed E-state index contributed by atoms with van der Waals surface area (Å²) in [5, 5.41) is 4.21. The van der Waals surface area contributed by atoms with Crippen molar-refractivity contribution in [1.82, 2.24) is 9.78 Å². The summed E-state index contributed by atoms with van der Waals surface area (Å²) >= 11 is 0. The maximum atomic E-state index is 11.8. The normalized spacial score (nSPS) is 10.8. The quantitative estimate of drug-likeness (QED) is 0.671. The molecule has 5 nitrogen and oxygen atoms in total. The molecular weight excluding hydrogens is 254 g/mol. The topological polar surface area (TPSA) is 70.1 Å². The van der Waals surface area contributed by atoms with E-state index in [1.165, 1.54) is 0 Å². The first-order valence-corrected chi connectivity index (χ1v) is 6.65. The molecular formula is C15H19N3O2. The number of carbonyl (C=O) groups excluding carboxylic acids is 1. The molecule has 2 rings (SSSR count). The molecule has 0 radical (unpaired) electrons. The van der Waals surface area contributed by atoms with E-state index in [2.05, 4.69) is 18.9 Å². The predicted octanol–water partition coefficient (Wildman–Crippen LogP) is 2.66. The number of rotatable bonds is 5. The first-order chi connectivity index (χ1) is 9.56. The van der Waals surface area contributed by atoms with Crippen molar-refractivity contribution >= 4 is 11.7 Å². The van der Waals surface area contributed by atoms with Crippen LogP contribution in [-0.2, 0) is 4.74 Å². The van der Waals surface area contributed by atoms with Gasteiger partial charge in [0.05, 0.1) is 12.3 Å². The Morgan fingerprint density at radius 3 is 2.65 bits per heavy atom. The second kappa shape index (κ2) is 6.23. The second-order valence-corrected chi connectivity index (χ2v) is 5.06. The van der Waals surface area contributed by atoms with Crippen molar-refractivity contribution in [1.29, 1.82) is 0 Å². The average molecular weight is 273 g/mol. The molecule has 0 atom stereocenters. The molecule has 1 aromatic carbocycles. The highest BCUT2D eigenvalue weighted by molar-refractivity contribution is 5.87. The van der Waals surface area contributed by atoms with Crippen LogP contribution in [-0.4, -0.2) is 22.4 Å². The van der Waals surface area contributed by atoms with Gasteiger partial charge in [0.25, 0.3) is 0 Å². The molecule has 0 spiro atoms. The monoisotopic (exact) mass is 273 g/mol. The largest absolute Gasteiger partial charge is 0.461 e. The Morgan fingerprint density at radius 2 is 2.00 bits per heavy atom. The van der Waals surface area contributed by atoms with Gasteiger partial charge in [0.2, 0.25) is 0 Å². The molecule has 0 aliphatic carbocycles. The van der Waals surface area contributed by atoms with E-state index in [0.717, 1.165) is 12.1 Å². The zero-order valence-corrected chi connectivity index (χ0v) is 11.7. The number of benzene rings is 1. The molecule has 0 unspecified atom stereocenters. The number of carbonyl (C=O) groups is 1. The molecule has 0 bridgehead atoms.